The van der Waals surface area contributed by atoms with E-state index in [4.69, 9.17) is 0 Å². The second-order valence-corrected chi connectivity index (χ2v) is 16.8. The molecule has 0 saturated carbocycles. The van der Waals surface area contributed by atoms with E-state index in [1.165, 1.54) is 83.2 Å². The van der Waals surface area contributed by atoms with Gasteiger partial charge in [0, 0.05) is 0 Å². The molecule has 2 heteroatoms. The highest BCUT2D eigenvalue weighted by Crippen LogP contribution is 2.35. The number of benzene rings is 6. The van der Waals surface area contributed by atoms with Gasteiger partial charge in [0.2, 0.25) is 0 Å². The Morgan fingerprint density at radius 3 is 0.848 bits per heavy atom. The SMILES string of the molecule is c1ccc(P(c2ccccc2)c2ccc3c(c2)CCCC3)cc1.c1ccc(P(c2ccccc2)c2ccc3c(c2)CCCC3)cc1. The molecule has 0 N–H and O–H groups in total. The maximum absolute atomic E-state index is 2.49. The largest absolute Gasteiger partial charge is 0.0622 e. The molecular formula is C44H42P2. The first-order valence-corrected chi connectivity index (χ1v) is 19.6. The highest BCUT2D eigenvalue weighted by Gasteiger charge is 2.20. The van der Waals surface area contributed by atoms with Crippen molar-refractivity contribution in [3.05, 3.63) is 180 Å². The van der Waals surface area contributed by atoms with Crippen LogP contribution in [0.5, 0.6) is 0 Å². The third-order valence-electron chi connectivity index (χ3n) is 9.24. The molecule has 46 heavy (non-hydrogen) atoms. The highest BCUT2D eigenvalue weighted by molar-refractivity contribution is 7.80. The zero-order valence-corrected chi connectivity index (χ0v) is 28.4. The molecule has 0 radical (unpaired) electrons. The van der Waals surface area contributed by atoms with Gasteiger partial charge in [0.25, 0.3) is 0 Å². The molecule has 6 aromatic carbocycles. The van der Waals surface area contributed by atoms with Crippen LogP contribution >= 0.6 is 15.8 Å². The van der Waals surface area contributed by atoms with Gasteiger partial charge in [-0.15, -0.1) is 0 Å². The number of hydrogen-bond acceptors (Lipinski definition) is 0. The minimum atomic E-state index is -0.461. The molecular weight excluding hydrogens is 590 g/mol. The van der Waals surface area contributed by atoms with Crippen molar-refractivity contribution in [3.63, 3.8) is 0 Å². The summed E-state index contributed by atoms with van der Waals surface area (Å²) in [4.78, 5) is 0. The van der Waals surface area contributed by atoms with Gasteiger partial charge in [0.1, 0.15) is 0 Å². The van der Waals surface area contributed by atoms with Crippen LogP contribution in [0, 0.1) is 0 Å². The summed E-state index contributed by atoms with van der Waals surface area (Å²) in [5.74, 6) is 0. The third kappa shape index (κ3) is 7.26. The summed E-state index contributed by atoms with van der Waals surface area (Å²) in [7, 11) is -0.922. The van der Waals surface area contributed by atoms with Gasteiger partial charge in [-0.2, -0.15) is 0 Å². The predicted octanol–water partition coefficient (Wildman–Crippen LogP) is 8.65. The standard InChI is InChI=1S/2C22H21P/c2*1-3-11-20(12-4-1)23(21-13-5-2-6-14-21)22-16-15-18-9-7-8-10-19(18)17-22/h2*1-6,11-17H,7-10H2. The molecule has 0 nitrogen and oxygen atoms in total. The second kappa shape index (κ2) is 15.2. The summed E-state index contributed by atoms with van der Waals surface area (Å²) >= 11 is 0. The molecule has 0 bridgehead atoms. The predicted molar refractivity (Wildman–Crippen MR) is 204 cm³/mol. The van der Waals surface area contributed by atoms with Crippen molar-refractivity contribution in [1.82, 2.24) is 0 Å². The van der Waals surface area contributed by atoms with Crippen LogP contribution in [0.4, 0.5) is 0 Å². The summed E-state index contributed by atoms with van der Waals surface area (Å²) in [5.41, 5.74) is 6.29. The Balaban J connectivity index is 0.000000147. The Kier molecular flexibility index (Phi) is 10.2. The van der Waals surface area contributed by atoms with Gasteiger partial charge >= 0.3 is 0 Å². The maximum Gasteiger partial charge on any atom is -0.0134 e. The summed E-state index contributed by atoms with van der Waals surface area (Å²) < 4.78 is 0. The van der Waals surface area contributed by atoms with Gasteiger partial charge in [0.15, 0.2) is 0 Å². The summed E-state index contributed by atoms with van der Waals surface area (Å²) in [6.07, 6.45) is 10.4. The van der Waals surface area contributed by atoms with Crippen molar-refractivity contribution in [3.8, 4) is 0 Å². The van der Waals surface area contributed by atoms with Gasteiger partial charge < -0.3 is 0 Å². The van der Waals surface area contributed by atoms with E-state index >= 15 is 0 Å². The normalized spacial score (nSPS) is 13.8. The quantitative estimate of drug-likeness (QED) is 0.161. The fourth-order valence-electron chi connectivity index (χ4n) is 6.92. The average Bonchev–Trinajstić information content (AvgIpc) is 3.14. The first-order chi connectivity index (χ1) is 22.8. The van der Waals surface area contributed by atoms with Gasteiger partial charge in [-0.3, -0.25) is 0 Å². The summed E-state index contributed by atoms with van der Waals surface area (Å²) in [6.45, 7) is 0. The van der Waals surface area contributed by atoms with Crippen molar-refractivity contribution in [2.24, 2.45) is 0 Å². The van der Waals surface area contributed by atoms with E-state index in [1.807, 2.05) is 0 Å². The molecule has 0 aromatic heterocycles. The molecule has 0 atom stereocenters. The Morgan fingerprint density at radius 2 is 0.543 bits per heavy atom. The van der Waals surface area contributed by atoms with Crippen molar-refractivity contribution in [2.45, 2.75) is 51.4 Å². The zero-order valence-electron chi connectivity index (χ0n) is 26.6. The lowest BCUT2D eigenvalue weighted by molar-refractivity contribution is 0.686. The third-order valence-corrected chi connectivity index (χ3v) is 14.1. The molecule has 0 amide bonds. The Labute approximate surface area is 278 Å². The highest BCUT2D eigenvalue weighted by atomic mass is 31.1. The van der Waals surface area contributed by atoms with E-state index in [2.05, 4.69) is 158 Å². The fraction of sp³-hybridized carbons (Fsp3) is 0.182. The Hall–Kier alpha value is -3.82. The molecule has 228 valence electrons. The van der Waals surface area contributed by atoms with Crippen molar-refractivity contribution in [2.75, 3.05) is 0 Å². The Bertz CT molecular complexity index is 1610. The van der Waals surface area contributed by atoms with Crippen LogP contribution < -0.4 is 31.8 Å². The number of rotatable bonds is 6. The summed E-state index contributed by atoms with van der Waals surface area (Å²) in [5, 5.41) is 8.71. The zero-order chi connectivity index (χ0) is 31.0. The molecule has 0 spiro atoms. The molecule has 0 aliphatic heterocycles. The first-order valence-electron chi connectivity index (χ1n) is 16.9. The van der Waals surface area contributed by atoms with E-state index in [9.17, 15) is 0 Å². The molecule has 0 heterocycles. The maximum atomic E-state index is 2.49. The van der Waals surface area contributed by atoms with Crippen LogP contribution in [0.1, 0.15) is 47.9 Å². The molecule has 6 aromatic rings. The molecule has 2 aliphatic carbocycles. The minimum absolute atomic E-state index is 0.461. The van der Waals surface area contributed by atoms with Crippen LogP contribution in [0.15, 0.2) is 158 Å². The number of fused-ring (bicyclic) bond motifs is 2. The lowest BCUT2D eigenvalue weighted by Gasteiger charge is -2.22. The molecule has 0 saturated heterocycles. The Morgan fingerprint density at radius 1 is 0.261 bits per heavy atom. The molecule has 0 unspecified atom stereocenters. The fourth-order valence-corrected chi connectivity index (χ4v) is 11.6. The van der Waals surface area contributed by atoms with Crippen molar-refractivity contribution < 1.29 is 0 Å². The van der Waals surface area contributed by atoms with Gasteiger partial charge in [0.05, 0.1) is 0 Å². The van der Waals surface area contributed by atoms with Crippen LogP contribution in [-0.2, 0) is 25.7 Å². The second-order valence-electron chi connectivity index (χ2n) is 12.3. The first kappa shape index (κ1) is 30.8. The van der Waals surface area contributed by atoms with E-state index in [0.717, 1.165) is 0 Å². The molecule has 0 fully saturated rings. The van der Waals surface area contributed by atoms with Crippen LogP contribution in [0.25, 0.3) is 0 Å². The molecule has 2 aliphatic rings. The van der Waals surface area contributed by atoms with E-state index in [-0.39, 0.29) is 0 Å². The van der Waals surface area contributed by atoms with Gasteiger partial charge in [-0.1, -0.05) is 158 Å². The summed E-state index contributed by atoms with van der Waals surface area (Å²) in [6, 6.07) is 58.4. The van der Waals surface area contributed by atoms with Gasteiger partial charge in [-0.25, -0.2) is 0 Å². The minimum Gasteiger partial charge on any atom is -0.0622 e. The van der Waals surface area contributed by atoms with Gasteiger partial charge in [-0.05, 0) is 121 Å². The monoisotopic (exact) mass is 632 g/mol. The van der Waals surface area contributed by atoms with E-state index in [1.54, 1.807) is 22.3 Å². The smallest absolute Gasteiger partial charge is 0.0134 e. The van der Waals surface area contributed by atoms with E-state index < -0.39 is 15.8 Å². The number of aryl methyl sites for hydroxylation is 4. The van der Waals surface area contributed by atoms with Crippen LogP contribution in [0.2, 0.25) is 0 Å². The molecule has 8 rings (SSSR count). The van der Waals surface area contributed by atoms with E-state index in [0.29, 0.717) is 0 Å². The van der Waals surface area contributed by atoms with Crippen LogP contribution in [0.3, 0.4) is 0 Å². The van der Waals surface area contributed by atoms with Crippen LogP contribution in [-0.4, -0.2) is 0 Å². The topological polar surface area (TPSA) is 0 Å². The average molecular weight is 633 g/mol. The number of hydrogen-bond donors (Lipinski definition) is 0. The van der Waals surface area contributed by atoms with Crippen molar-refractivity contribution >= 4 is 47.7 Å². The van der Waals surface area contributed by atoms with Crippen molar-refractivity contribution in [1.29, 1.82) is 0 Å². The lowest BCUT2D eigenvalue weighted by Crippen LogP contribution is -2.21. The lowest BCUT2D eigenvalue weighted by atomic mass is 9.92.